The molecule has 0 aliphatic heterocycles. The minimum atomic E-state index is 0.858. The number of hydrogen-bond donors (Lipinski definition) is 0. The van der Waals surface area contributed by atoms with Crippen LogP contribution >= 0.6 is 0 Å². The maximum absolute atomic E-state index is 2.41. The molecule has 80 valence electrons. The quantitative estimate of drug-likeness (QED) is 0.559. The fourth-order valence-electron chi connectivity index (χ4n) is 1.86. The van der Waals surface area contributed by atoms with Crippen LogP contribution in [0.5, 0.6) is 0 Å². The Kier molecular flexibility index (Phi) is 6.45. The molecule has 0 nitrogen and oxygen atoms in total. The normalized spacial score (nSPS) is 16.6. The first-order valence-electron chi connectivity index (χ1n) is 5.93. The Morgan fingerprint density at radius 3 is 1.54 bits per heavy atom. The molecular weight excluding hydrogens is 156 g/mol. The van der Waals surface area contributed by atoms with Crippen LogP contribution in [0.3, 0.4) is 0 Å². The lowest BCUT2D eigenvalue weighted by Gasteiger charge is -2.22. The summed E-state index contributed by atoms with van der Waals surface area (Å²) in [6, 6.07) is 0. The molecule has 0 saturated carbocycles. The Balaban J connectivity index is 3.62. The molecule has 0 rings (SSSR count). The lowest BCUT2D eigenvalue weighted by atomic mass is 9.84. The van der Waals surface area contributed by atoms with Gasteiger partial charge in [-0.1, -0.05) is 54.4 Å². The van der Waals surface area contributed by atoms with Crippen molar-refractivity contribution in [3.63, 3.8) is 0 Å². The highest BCUT2D eigenvalue weighted by Crippen LogP contribution is 2.24. The van der Waals surface area contributed by atoms with Gasteiger partial charge in [-0.3, -0.25) is 0 Å². The van der Waals surface area contributed by atoms with Crippen molar-refractivity contribution in [1.29, 1.82) is 0 Å². The van der Waals surface area contributed by atoms with Gasteiger partial charge in [-0.15, -0.1) is 0 Å². The van der Waals surface area contributed by atoms with Crippen molar-refractivity contribution in [3.8, 4) is 0 Å². The molecule has 13 heavy (non-hydrogen) atoms. The van der Waals surface area contributed by atoms with E-state index >= 15 is 0 Å². The summed E-state index contributed by atoms with van der Waals surface area (Å²) in [5, 5.41) is 0. The summed E-state index contributed by atoms with van der Waals surface area (Å²) in [7, 11) is 0. The summed E-state index contributed by atoms with van der Waals surface area (Å²) in [6.07, 6.45) is 4.19. The Morgan fingerprint density at radius 2 is 1.15 bits per heavy atom. The first kappa shape index (κ1) is 13.0. The third-order valence-corrected chi connectivity index (χ3v) is 3.01. The molecule has 0 aliphatic rings. The fraction of sp³-hybridized carbons (Fsp3) is 1.00. The van der Waals surface area contributed by atoms with Crippen LogP contribution < -0.4 is 0 Å². The van der Waals surface area contributed by atoms with E-state index in [0.717, 1.165) is 23.7 Å². The van der Waals surface area contributed by atoms with E-state index in [-0.39, 0.29) is 0 Å². The van der Waals surface area contributed by atoms with Crippen molar-refractivity contribution in [2.24, 2.45) is 23.7 Å². The van der Waals surface area contributed by atoms with Gasteiger partial charge >= 0.3 is 0 Å². The second-order valence-electron chi connectivity index (χ2n) is 5.56. The van der Waals surface area contributed by atoms with Crippen molar-refractivity contribution in [2.45, 2.75) is 60.8 Å². The molecule has 0 heteroatoms. The van der Waals surface area contributed by atoms with Crippen LogP contribution in [0.1, 0.15) is 60.8 Å². The van der Waals surface area contributed by atoms with Crippen molar-refractivity contribution < 1.29 is 0 Å². The van der Waals surface area contributed by atoms with Gasteiger partial charge in [0.05, 0.1) is 0 Å². The van der Waals surface area contributed by atoms with Crippen LogP contribution in [0.2, 0.25) is 0 Å². The summed E-state index contributed by atoms with van der Waals surface area (Å²) >= 11 is 0. The maximum Gasteiger partial charge on any atom is -0.0415 e. The predicted molar refractivity (Wildman–Crippen MR) is 61.9 cm³/mol. The Hall–Kier alpha value is 0. The molecular formula is C13H28. The van der Waals surface area contributed by atoms with Gasteiger partial charge in [0.1, 0.15) is 0 Å². The lowest BCUT2D eigenvalue weighted by Crippen LogP contribution is -2.11. The molecule has 0 aromatic carbocycles. The van der Waals surface area contributed by atoms with Crippen molar-refractivity contribution in [1.82, 2.24) is 0 Å². The van der Waals surface area contributed by atoms with Gasteiger partial charge in [0.2, 0.25) is 0 Å². The molecule has 0 saturated heterocycles. The molecule has 0 aliphatic carbocycles. The van der Waals surface area contributed by atoms with E-state index in [2.05, 4.69) is 41.5 Å². The van der Waals surface area contributed by atoms with E-state index < -0.39 is 0 Å². The second kappa shape index (κ2) is 6.45. The fourth-order valence-corrected chi connectivity index (χ4v) is 1.86. The average molecular weight is 184 g/mol. The molecule has 0 aromatic rings. The maximum atomic E-state index is 2.41. The Bertz CT molecular complexity index is 113. The van der Waals surface area contributed by atoms with Crippen molar-refractivity contribution in [2.75, 3.05) is 0 Å². The van der Waals surface area contributed by atoms with Crippen LogP contribution in [0, 0.1) is 23.7 Å². The molecule has 0 aromatic heterocycles. The zero-order valence-corrected chi connectivity index (χ0v) is 10.4. The molecule has 0 fully saturated rings. The predicted octanol–water partition coefficient (Wildman–Crippen LogP) is 4.74. The molecule has 0 amide bonds. The smallest absolute Gasteiger partial charge is 0.0415 e. The average Bonchev–Trinajstić information content (AvgIpc) is 1.98. The largest absolute Gasteiger partial charge is 0.0628 e. The first-order chi connectivity index (χ1) is 5.93. The Morgan fingerprint density at radius 1 is 0.615 bits per heavy atom. The number of rotatable bonds is 6. The van der Waals surface area contributed by atoms with E-state index in [4.69, 9.17) is 0 Å². The van der Waals surface area contributed by atoms with Crippen LogP contribution in [-0.4, -0.2) is 0 Å². The highest BCUT2D eigenvalue weighted by atomic mass is 14.2. The van der Waals surface area contributed by atoms with Crippen LogP contribution in [-0.2, 0) is 0 Å². The van der Waals surface area contributed by atoms with E-state index in [9.17, 15) is 0 Å². The van der Waals surface area contributed by atoms with Gasteiger partial charge in [-0.05, 0) is 30.1 Å². The molecule has 0 spiro atoms. The standard InChI is InChI=1S/C13H28/c1-10(2)7-8-12(5)13(6)9-11(3)4/h10-13H,7-9H2,1-6H3. The first-order valence-corrected chi connectivity index (χ1v) is 5.93. The topological polar surface area (TPSA) is 0 Å². The molecule has 2 unspecified atom stereocenters. The van der Waals surface area contributed by atoms with Crippen molar-refractivity contribution >= 4 is 0 Å². The monoisotopic (exact) mass is 184 g/mol. The Labute approximate surface area is 85.1 Å². The van der Waals surface area contributed by atoms with Gasteiger partial charge in [0.15, 0.2) is 0 Å². The summed E-state index contributed by atoms with van der Waals surface area (Å²) in [4.78, 5) is 0. The van der Waals surface area contributed by atoms with Gasteiger partial charge in [0.25, 0.3) is 0 Å². The zero-order chi connectivity index (χ0) is 10.4. The van der Waals surface area contributed by atoms with Gasteiger partial charge < -0.3 is 0 Å². The van der Waals surface area contributed by atoms with E-state index in [1.807, 2.05) is 0 Å². The van der Waals surface area contributed by atoms with Gasteiger partial charge in [-0.25, -0.2) is 0 Å². The van der Waals surface area contributed by atoms with E-state index in [1.54, 1.807) is 0 Å². The highest BCUT2D eigenvalue weighted by Gasteiger charge is 2.13. The van der Waals surface area contributed by atoms with Crippen molar-refractivity contribution in [3.05, 3.63) is 0 Å². The molecule has 2 atom stereocenters. The minimum Gasteiger partial charge on any atom is -0.0628 e. The summed E-state index contributed by atoms with van der Waals surface area (Å²) in [6.45, 7) is 14.1. The van der Waals surface area contributed by atoms with E-state index in [1.165, 1.54) is 19.3 Å². The molecule has 0 radical (unpaired) electrons. The number of hydrogen-bond acceptors (Lipinski definition) is 0. The van der Waals surface area contributed by atoms with Gasteiger partial charge in [0, 0.05) is 0 Å². The summed E-state index contributed by atoms with van der Waals surface area (Å²) < 4.78 is 0. The molecule has 0 heterocycles. The molecule has 0 bridgehead atoms. The SMILES string of the molecule is CC(C)CCC(C)C(C)CC(C)C. The van der Waals surface area contributed by atoms with E-state index in [0.29, 0.717) is 0 Å². The van der Waals surface area contributed by atoms with Crippen LogP contribution in [0.4, 0.5) is 0 Å². The third kappa shape index (κ3) is 7.10. The summed E-state index contributed by atoms with van der Waals surface area (Å²) in [5.74, 6) is 3.54. The van der Waals surface area contributed by atoms with Crippen LogP contribution in [0.15, 0.2) is 0 Å². The molecule has 0 N–H and O–H groups in total. The zero-order valence-electron chi connectivity index (χ0n) is 10.4. The van der Waals surface area contributed by atoms with Crippen LogP contribution in [0.25, 0.3) is 0 Å². The highest BCUT2D eigenvalue weighted by molar-refractivity contribution is 4.64. The summed E-state index contributed by atoms with van der Waals surface area (Å²) in [5.41, 5.74) is 0. The third-order valence-electron chi connectivity index (χ3n) is 3.01. The minimum absolute atomic E-state index is 0.858. The lowest BCUT2D eigenvalue weighted by molar-refractivity contribution is 0.292. The van der Waals surface area contributed by atoms with Gasteiger partial charge in [-0.2, -0.15) is 0 Å². The second-order valence-corrected chi connectivity index (χ2v) is 5.56.